The topological polar surface area (TPSA) is 127 Å². The number of carbonyl (C=O) groups excluding carboxylic acids is 1. The standard InChI is InChI=1S/C19H18N4O5S/c1-4-28-19(25)16-10(2)15-17(24)21-14(22-18(15)29-16)8-6-11-5-7-12(20-3)13(9-11)23(26)27/h5-9,20H,4H2,1-3H3,(H,21,22,24)/b8-6+. The number of nitro groups is 1. The molecular formula is C19H18N4O5S. The summed E-state index contributed by atoms with van der Waals surface area (Å²) in [5.74, 6) is -0.207. The minimum absolute atomic E-state index is 0.0560. The molecule has 0 unspecified atom stereocenters. The number of nitrogens with one attached hydrogen (secondary N) is 2. The molecule has 0 saturated heterocycles. The molecular weight excluding hydrogens is 396 g/mol. The second-order valence-corrected chi connectivity index (χ2v) is 7.02. The number of aryl methyl sites for hydroxylation is 1. The highest BCUT2D eigenvalue weighted by atomic mass is 32.1. The predicted molar refractivity (Wildman–Crippen MR) is 113 cm³/mol. The third kappa shape index (κ3) is 4.02. The number of nitro benzene ring substituents is 1. The average Bonchev–Trinajstić information content (AvgIpc) is 3.03. The van der Waals surface area contributed by atoms with E-state index in [-0.39, 0.29) is 23.7 Å². The van der Waals surface area contributed by atoms with Gasteiger partial charge in [-0.3, -0.25) is 14.9 Å². The lowest BCUT2D eigenvalue weighted by molar-refractivity contribution is -0.383. The lowest BCUT2D eigenvalue weighted by Gasteiger charge is -2.02. The van der Waals surface area contributed by atoms with E-state index in [9.17, 15) is 19.7 Å². The number of H-pyrrole nitrogens is 1. The van der Waals surface area contributed by atoms with Crippen LogP contribution in [0.3, 0.4) is 0 Å². The van der Waals surface area contributed by atoms with Crippen molar-refractivity contribution in [2.24, 2.45) is 0 Å². The zero-order valence-corrected chi connectivity index (χ0v) is 16.8. The first kappa shape index (κ1) is 20.2. The van der Waals surface area contributed by atoms with Gasteiger partial charge in [0.05, 0.1) is 16.9 Å². The summed E-state index contributed by atoms with van der Waals surface area (Å²) >= 11 is 1.10. The number of carbonyl (C=O) groups is 1. The van der Waals surface area contributed by atoms with Gasteiger partial charge in [0.25, 0.3) is 11.2 Å². The molecule has 2 N–H and O–H groups in total. The van der Waals surface area contributed by atoms with Crippen molar-refractivity contribution in [2.45, 2.75) is 13.8 Å². The average molecular weight is 414 g/mol. The molecule has 1 aromatic carbocycles. The summed E-state index contributed by atoms with van der Waals surface area (Å²) in [6.45, 7) is 3.63. The Hall–Kier alpha value is -3.53. The lowest BCUT2D eigenvalue weighted by Crippen LogP contribution is -2.10. The van der Waals surface area contributed by atoms with Crippen molar-refractivity contribution in [3.05, 3.63) is 60.5 Å². The molecule has 0 atom stereocenters. The maximum atomic E-state index is 12.5. The quantitative estimate of drug-likeness (QED) is 0.358. The van der Waals surface area contributed by atoms with Crippen LogP contribution in [0.25, 0.3) is 22.4 Å². The molecule has 10 heteroatoms. The molecule has 0 radical (unpaired) electrons. The Kier molecular flexibility index (Phi) is 5.74. The molecule has 0 saturated carbocycles. The van der Waals surface area contributed by atoms with Crippen LogP contribution in [-0.2, 0) is 4.74 Å². The largest absolute Gasteiger partial charge is 0.462 e. The molecule has 0 aliphatic carbocycles. The Bertz CT molecular complexity index is 1200. The number of fused-ring (bicyclic) bond motifs is 1. The van der Waals surface area contributed by atoms with Gasteiger partial charge >= 0.3 is 5.97 Å². The van der Waals surface area contributed by atoms with E-state index in [0.29, 0.717) is 31.9 Å². The normalized spacial score (nSPS) is 11.1. The highest BCUT2D eigenvalue weighted by Crippen LogP contribution is 2.28. The van der Waals surface area contributed by atoms with Crippen LogP contribution in [0.15, 0.2) is 23.0 Å². The van der Waals surface area contributed by atoms with Gasteiger partial charge in [0, 0.05) is 13.1 Å². The van der Waals surface area contributed by atoms with Gasteiger partial charge in [0.2, 0.25) is 0 Å². The SMILES string of the molecule is CCOC(=O)c1sc2nc(/C=C/c3ccc(NC)c([N+](=O)[O-])c3)[nH]c(=O)c2c1C. The van der Waals surface area contributed by atoms with Crippen molar-refractivity contribution < 1.29 is 14.5 Å². The Morgan fingerprint density at radius 1 is 1.41 bits per heavy atom. The molecule has 29 heavy (non-hydrogen) atoms. The third-order valence-electron chi connectivity index (χ3n) is 4.20. The van der Waals surface area contributed by atoms with Crippen LogP contribution in [0.1, 0.15) is 33.5 Å². The van der Waals surface area contributed by atoms with Gasteiger partial charge in [0.15, 0.2) is 0 Å². The number of aromatic nitrogens is 2. The second kappa shape index (κ2) is 8.23. The number of benzene rings is 1. The van der Waals surface area contributed by atoms with Crippen LogP contribution in [0.4, 0.5) is 11.4 Å². The molecule has 9 nitrogen and oxygen atoms in total. The minimum Gasteiger partial charge on any atom is -0.462 e. The van der Waals surface area contributed by atoms with Gasteiger partial charge in [0.1, 0.15) is 21.2 Å². The summed E-state index contributed by atoms with van der Waals surface area (Å²) in [5.41, 5.74) is 1.09. The zero-order valence-electron chi connectivity index (χ0n) is 15.9. The van der Waals surface area contributed by atoms with E-state index >= 15 is 0 Å². The van der Waals surface area contributed by atoms with Gasteiger partial charge in [-0.25, -0.2) is 9.78 Å². The van der Waals surface area contributed by atoms with E-state index < -0.39 is 10.9 Å². The maximum absolute atomic E-state index is 12.5. The smallest absolute Gasteiger partial charge is 0.348 e. The van der Waals surface area contributed by atoms with Crippen molar-refractivity contribution in [1.82, 2.24) is 9.97 Å². The van der Waals surface area contributed by atoms with E-state index in [1.807, 2.05) is 0 Å². The molecule has 150 valence electrons. The summed E-state index contributed by atoms with van der Waals surface area (Å²) < 4.78 is 5.02. The summed E-state index contributed by atoms with van der Waals surface area (Å²) in [6.07, 6.45) is 3.17. The molecule has 3 aromatic rings. The van der Waals surface area contributed by atoms with Crippen LogP contribution in [-0.4, -0.2) is 34.5 Å². The number of thiophene rings is 1. The van der Waals surface area contributed by atoms with Crippen molar-refractivity contribution in [3.8, 4) is 0 Å². The number of rotatable bonds is 6. The van der Waals surface area contributed by atoms with Gasteiger partial charge < -0.3 is 15.0 Å². The number of hydrogen-bond acceptors (Lipinski definition) is 8. The number of anilines is 1. The molecule has 0 fully saturated rings. The molecule has 3 rings (SSSR count). The Balaban J connectivity index is 1.99. The second-order valence-electron chi connectivity index (χ2n) is 6.03. The fourth-order valence-corrected chi connectivity index (χ4v) is 3.90. The monoisotopic (exact) mass is 414 g/mol. The fraction of sp³-hybridized carbons (Fsp3) is 0.211. The molecule has 0 bridgehead atoms. The van der Waals surface area contributed by atoms with E-state index in [1.54, 1.807) is 45.2 Å². The number of esters is 1. The third-order valence-corrected chi connectivity index (χ3v) is 5.37. The number of hydrogen-bond donors (Lipinski definition) is 2. The molecule has 2 heterocycles. The lowest BCUT2D eigenvalue weighted by atomic mass is 10.1. The Labute approximate surface area is 169 Å². The Morgan fingerprint density at radius 3 is 2.83 bits per heavy atom. The highest BCUT2D eigenvalue weighted by molar-refractivity contribution is 7.20. The minimum atomic E-state index is -0.485. The fourth-order valence-electron chi connectivity index (χ4n) is 2.82. The van der Waals surface area contributed by atoms with Gasteiger partial charge in [-0.2, -0.15) is 0 Å². The number of ether oxygens (including phenoxy) is 1. The molecule has 0 amide bonds. The van der Waals surface area contributed by atoms with Crippen molar-refractivity contribution in [3.63, 3.8) is 0 Å². The molecule has 0 spiro atoms. The summed E-state index contributed by atoms with van der Waals surface area (Å²) in [7, 11) is 1.61. The van der Waals surface area contributed by atoms with Crippen molar-refractivity contribution in [2.75, 3.05) is 19.0 Å². The van der Waals surface area contributed by atoms with E-state index in [2.05, 4.69) is 15.3 Å². The van der Waals surface area contributed by atoms with Crippen LogP contribution in [0, 0.1) is 17.0 Å². The summed E-state index contributed by atoms with van der Waals surface area (Å²) in [6, 6.07) is 4.73. The number of aromatic amines is 1. The molecule has 0 aliphatic rings. The van der Waals surface area contributed by atoms with E-state index in [0.717, 1.165) is 11.3 Å². The van der Waals surface area contributed by atoms with Crippen LogP contribution >= 0.6 is 11.3 Å². The zero-order chi connectivity index (χ0) is 21.1. The summed E-state index contributed by atoms with van der Waals surface area (Å²) in [4.78, 5) is 43.1. The highest BCUT2D eigenvalue weighted by Gasteiger charge is 2.20. The van der Waals surface area contributed by atoms with Crippen molar-refractivity contribution >= 4 is 51.0 Å². The van der Waals surface area contributed by atoms with E-state index in [4.69, 9.17) is 4.74 Å². The first-order valence-corrected chi connectivity index (χ1v) is 9.52. The maximum Gasteiger partial charge on any atom is 0.348 e. The van der Waals surface area contributed by atoms with Crippen LogP contribution in [0.2, 0.25) is 0 Å². The number of nitrogens with zero attached hydrogens (tertiary/aromatic N) is 2. The van der Waals surface area contributed by atoms with Gasteiger partial charge in [-0.1, -0.05) is 12.1 Å². The molecule has 2 aromatic heterocycles. The van der Waals surface area contributed by atoms with Crippen molar-refractivity contribution in [1.29, 1.82) is 0 Å². The summed E-state index contributed by atoms with van der Waals surface area (Å²) in [5, 5.41) is 14.3. The van der Waals surface area contributed by atoms with Crippen LogP contribution < -0.4 is 10.9 Å². The first-order valence-electron chi connectivity index (χ1n) is 8.70. The first-order chi connectivity index (χ1) is 13.8. The molecule has 0 aliphatic heterocycles. The van der Waals surface area contributed by atoms with Crippen LogP contribution in [0.5, 0.6) is 0 Å². The Morgan fingerprint density at radius 2 is 2.17 bits per heavy atom. The van der Waals surface area contributed by atoms with Gasteiger partial charge in [-0.15, -0.1) is 11.3 Å². The van der Waals surface area contributed by atoms with Gasteiger partial charge in [-0.05, 0) is 37.1 Å². The predicted octanol–water partition coefficient (Wildman–Crippen LogP) is 3.59. The van der Waals surface area contributed by atoms with E-state index in [1.165, 1.54) is 6.07 Å².